The topological polar surface area (TPSA) is 46.2 Å². The molecule has 2 rings (SSSR count). The van der Waals surface area contributed by atoms with Gasteiger partial charge >= 0.3 is 0 Å². The highest BCUT2D eigenvalue weighted by atomic mass is 16.2. The number of benzene rings is 1. The molecule has 3 nitrogen and oxygen atoms in total. The summed E-state index contributed by atoms with van der Waals surface area (Å²) in [5.74, 6) is -1.01. The van der Waals surface area contributed by atoms with Crippen LogP contribution in [0.3, 0.4) is 0 Å². The second-order valence-electron chi connectivity index (χ2n) is 4.20. The highest BCUT2D eigenvalue weighted by Gasteiger charge is 2.12. The number of hydrogen-bond acceptors (Lipinski definition) is 2. The van der Waals surface area contributed by atoms with Gasteiger partial charge in [0.05, 0.1) is 0 Å². The van der Waals surface area contributed by atoms with E-state index >= 15 is 0 Å². The molecule has 16 heavy (non-hydrogen) atoms. The van der Waals surface area contributed by atoms with E-state index in [1.165, 1.54) is 30.9 Å². The number of fused-ring (bicyclic) bond motifs is 1. The Labute approximate surface area is 94.9 Å². The number of anilines is 1. The second-order valence-corrected chi connectivity index (χ2v) is 4.20. The van der Waals surface area contributed by atoms with Gasteiger partial charge in [0.25, 0.3) is 5.91 Å². The van der Waals surface area contributed by atoms with Gasteiger partial charge < -0.3 is 5.32 Å². The fourth-order valence-electron chi connectivity index (χ4n) is 2.03. The Morgan fingerprint density at radius 2 is 1.81 bits per heavy atom. The smallest absolute Gasteiger partial charge is 0.291 e. The molecule has 0 fully saturated rings. The SMILES string of the molecule is CC(=O)C(=O)Nc1ccc2c(c1)CCCC2. The van der Waals surface area contributed by atoms with Crippen molar-refractivity contribution in [3.8, 4) is 0 Å². The van der Waals surface area contributed by atoms with Crippen LogP contribution in [0, 0.1) is 0 Å². The molecule has 1 aromatic rings. The summed E-state index contributed by atoms with van der Waals surface area (Å²) < 4.78 is 0. The Bertz CT molecular complexity index is 438. The molecular weight excluding hydrogens is 202 g/mol. The number of amides is 1. The van der Waals surface area contributed by atoms with E-state index in [1.54, 1.807) is 0 Å². The molecule has 0 atom stereocenters. The van der Waals surface area contributed by atoms with E-state index in [0.717, 1.165) is 18.5 Å². The number of aryl methyl sites for hydroxylation is 2. The van der Waals surface area contributed by atoms with Crippen LogP contribution in [0.5, 0.6) is 0 Å². The van der Waals surface area contributed by atoms with Gasteiger partial charge in [0.2, 0.25) is 5.78 Å². The Morgan fingerprint density at radius 3 is 2.50 bits per heavy atom. The molecule has 84 valence electrons. The lowest BCUT2D eigenvalue weighted by Crippen LogP contribution is -2.20. The van der Waals surface area contributed by atoms with Crippen LogP contribution in [0.25, 0.3) is 0 Å². The van der Waals surface area contributed by atoms with Crippen molar-refractivity contribution < 1.29 is 9.59 Å². The van der Waals surface area contributed by atoms with Crippen LogP contribution < -0.4 is 5.32 Å². The van der Waals surface area contributed by atoms with Crippen molar-refractivity contribution >= 4 is 17.4 Å². The summed E-state index contributed by atoms with van der Waals surface area (Å²) in [6.45, 7) is 1.27. The molecule has 0 heterocycles. The number of rotatable bonds is 2. The van der Waals surface area contributed by atoms with Crippen molar-refractivity contribution in [1.29, 1.82) is 0 Å². The zero-order chi connectivity index (χ0) is 11.5. The van der Waals surface area contributed by atoms with Crippen molar-refractivity contribution in [3.63, 3.8) is 0 Å². The minimum Gasteiger partial charge on any atom is -0.319 e. The zero-order valence-corrected chi connectivity index (χ0v) is 9.38. The maximum atomic E-state index is 11.2. The molecule has 1 aliphatic carbocycles. The first-order valence-corrected chi connectivity index (χ1v) is 5.60. The second kappa shape index (κ2) is 4.47. The Balaban J connectivity index is 2.17. The van der Waals surface area contributed by atoms with Gasteiger partial charge in [-0.25, -0.2) is 0 Å². The first kappa shape index (κ1) is 10.9. The zero-order valence-electron chi connectivity index (χ0n) is 9.38. The predicted molar refractivity (Wildman–Crippen MR) is 62.4 cm³/mol. The molecule has 1 aliphatic rings. The first-order valence-electron chi connectivity index (χ1n) is 5.60. The molecule has 0 saturated carbocycles. The summed E-state index contributed by atoms with van der Waals surface area (Å²) in [6, 6.07) is 5.89. The summed E-state index contributed by atoms with van der Waals surface area (Å²) in [5, 5.41) is 2.60. The first-order chi connectivity index (χ1) is 7.66. The monoisotopic (exact) mass is 217 g/mol. The fraction of sp³-hybridized carbons (Fsp3) is 0.385. The van der Waals surface area contributed by atoms with Crippen molar-refractivity contribution in [2.75, 3.05) is 5.32 Å². The molecule has 1 amide bonds. The number of nitrogens with one attached hydrogen (secondary N) is 1. The number of hydrogen-bond donors (Lipinski definition) is 1. The van der Waals surface area contributed by atoms with E-state index in [1.807, 2.05) is 18.2 Å². The van der Waals surface area contributed by atoms with E-state index < -0.39 is 11.7 Å². The normalized spacial score (nSPS) is 14.1. The summed E-state index contributed by atoms with van der Waals surface area (Å²) in [7, 11) is 0. The van der Waals surface area contributed by atoms with Gasteiger partial charge in [-0.3, -0.25) is 9.59 Å². The van der Waals surface area contributed by atoms with Crippen LogP contribution in [-0.4, -0.2) is 11.7 Å². The Morgan fingerprint density at radius 1 is 1.12 bits per heavy atom. The van der Waals surface area contributed by atoms with E-state index in [9.17, 15) is 9.59 Å². The molecule has 0 unspecified atom stereocenters. The highest BCUT2D eigenvalue weighted by Crippen LogP contribution is 2.24. The van der Waals surface area contributed by atoms with Gasteiger partial charge in [0.1, 0.15) is 0 Å². The molecule has 0 bridgehead atoms. The highest BCUT2D eigenvalue weighted by molar-refractivity contribution is 6.39. The van der Waals surface area contributed by atoms with E-state index in [-0.39, 0.29) is 0 Å². The summed E-state index contributed by atoms with van der Waals surface area (Å²) >= 11 is 0. The summed E-state index contributed by atoms with van der Waals surface area (Å²) in [5.41, 5.74) is 3.39. The summed E-state index contributed by atoms with van der Waals surface area (Å²) in [4.78, 5) is 22.0. The largest absolute Gasteiger partial charge is 0.319 e. The van der Waals surface area contributed by atoms with Crippen LogP contribution >= 0.6 is 0 Å². The average molecular weight is 217 g/mol. The van der Waals surface area contributed by atoms with Crippen LogP contribution in [-0.2, 0) is 22.4 Å². The van der Waals surface area contributed by atoms with Crippen LogP contribution in [0.1, 0.15) is 30.9 Å². The quantitative estimate of drug-likeness (QED) is 0.771. The number of ketones is 1. The fourth-order valence-corrected chi connectivity index (χ4v) is 2.03. The molecule has 3 heteroatoms. The third kappa shape index (κ3) is 2.30. The molecule has 1 aromatic carbocycles. The van der Waals surface area contributed by atoms with E-state index in [4.69, 9.17) is 0 Å². The minimum absolute atomic E-state index is 0.460. The molecule has 0 radical (unpaired) electrons. The number of Topliss-reactive ketones (excluding diaryl/α,β-unsaturated/α-hetero) is 1. The van der Waals surface area contributed by atoms with Crippen molar-refractivity contribution in [2.45, 2.75) is 32.6 Å². The van der Waals surface area contributed by atoms with Crippen molar-refractivity contribution in [1.82, 2.24) is 0 Å². The van der Waals surface area contributed by atoms with Gasteiger partial charge in [-0.2, -0.15) is 0 Å². The molecular formula is C13H15NO2. The lowest BCUT2D eigenvalue weighted by molar-refractivity contribution is -0.133. The lowest BCUT2D eigenvalue weighted by Gasteiger charge is -2.16. The molecule has 0 saturated heterocycles. The molecule has 0 spiro atoms. The van der Waals surface area contributed by atoms with Gasteiger partial charge in [-0.05, 0) is 48.9 Å². The van der Waals surface area contributed by atoms with Crippen LogP contribution in [0.2, 0.25) is 0 Å². The Kier molecular flexibility index (Phi) is 3.04. The predicted octanol–water partition coefficient (Wildman–Crippen LogP) is 2.09. The van der Waals surface area contributed by atoms with Gasteiger partial charge in [-0.1, -0.05) is 6.07 Å². The standard InChI is InChI=1S/C13H15NO2/c1-9(15)13(16)14-12-7-6-10-4-2-3-5-11(10)8-12/h6-8H,2-5H2,1H3,(H,14,16). The van der Waals surface area contributed by atoms with Crippen molar-refractivity contribution in [2.24, 2.45) is 0 Å². The number of carbonyl (C=O) groups is 2. The van der Waals surface area contributed by atoms with E-state index in [0.29, 0.717) is 0 Å². The molecule has 0 aliphatic heterocycles. The third-order valence-corrected chi connectivity index (χ3v) is 2.93. The van der Waals surface area contributed by atoms with Gasteiger partial charge in [0.15, 0.2) is 0 Å². The average Bonchev–Trinajstić information content (AvgIpc) is 2.28. The van der Waals surface area contributed by atoms with Gasteiger partial charge in [-0.15, -0.1) is 0 Å². The number of carbonyl (C=O) groups excluding carboxylic acids is 2. The van der Waals surface area contributed by atoms with Crippen molar-refractivity contribution in [3.05, 3.63) is 29.3 Å². The van der Waals surface area contributed by atoms with Crippen LogP contribution in [0.15, 0.2) is 18.2 Å². The lowest BCUT2D eigenvalue weighted by atomic mass is 9.91. The maximum Gasteiger partial charge on any atom is 0.291 e. The van der Waals surface area contributed by atoms with Gasteiger partial charge in [0, 0.05) is 12.6 Å². The third-order valence-electron chi connectivity index (χ3n) is 2.93. The molecule has 1 N–H and O–H groups in total. The van der Waals surface area contributed by atoms with Crippen LogP contribution in [0.4, 0.5) is 5.69 Å². The minimum atomic E-state index is -0.546. The van der Waals surface area contributed by atoms with E-state index in [2.05, 4.69) is 5.32 Å². The Hall–Kier alpha value is -1.64. The summed E-state index contributed by atoms with van der Waals surface area (Å²) in [6.07, 6.45) is 4.64. The maximum absolute atomic E-state index is 11.2. The molecule has 0 aromatic heterocycles.